The molecule has 26 heavy (non-hydrogen) atoms. The second-order valence-corrected chi connectivity index (χ2v) is 6.34. The molecule has 0 aliphatic heterocycles. The van der Waals surface area contributed by atoms with Crippen LogP contribution in [0.25, 0.3) is 0 Å². The summed E-state index contributed by atoms with van der Waals surface area (Å²) in [5.74, 6) is 0.175. The van der Waals surface area contributed by atoms with E-state index in [0.29, 0.717) is 32.8 Å². The minimum absolute atomic E-state index is 0.0760. The highest BCUT2D eigenvalue weighted by molar-refractivity contribution is 5.75. The monoisotopic (exact) mass is 367 g/mol. The zero-order valence-electron chi connectivity index (χ0n) is 16.1. The zero-order valence-corrected chi connectivity index (χ0v) is 16.1. The number of carbonyl (C=O) groups is 1. The first-order valence-electron chi connectivity index (χ1n) is 9.35. The maximum atomic E-state index is 11.2. The van der Waals surface area contributed by atoms with E-state index in [9.17, 15) is 15.0 Å². The van der Waals surface area contributed by atoms with Gasteiger partial charge in [-0.3, -0.25) is 0 Å². The Balaban J connectivity index is 2.64. The fourth-order valence-corrected chi connectivity index (χ4v) is 2.64. The number of carbonyl (C=O) groups excluding carboxylic acids is 1. The Hall–Kier alpha value is -1.47. The lowest BCUT2D eigenvalue weighted by Gasteiger charge is -2.26. The molecular weight excluding hydrogens is 334 g/mol. The van der Waals surface area contributed by atoms with Gasteiger partial charge in [-0.15, -0.1) is 0 Å². The highest BCUT2D eigenvalue weighted by atomic mass is 16.5. The van der Waals surface area contributed by atoms with Crippen molar-refractivity contribution in [2.24, 2.45) is 0 Å². The summed E-state index contributed by atoms with van der Waals surface area (Å²) in [5, 5.41) is 18.9. The average Bonchev–Trinajstić information content (AvgIpc) is 2.65. The first-order valence-corrected chi connectivity index (χ1v) is 9.35. The van der Waals surface area contributed by atoms with Gasteiger partial charge >= 0.3 is 0 Å². The van der Waals surface area contributed by atoms with Crippen LogP contribution in [0.3, 0.4) is 0 Å². The Kier molecular flexibility index (Phi) is 11.9. The molecule has 0 fully saturated rings. The van der Waals surface area contributed by atoms with Crippen LogP contribution in [0.1, 0.15) is 44.2 Å². The topological polar surface area (TPSA) is 79.2 Å². The van der Waals surface area contributed by atoms with Gasteiger partial charge in [-0.05, 0) is 43.0 Å². The van der Waals surface area contributed by atoms with E-state index in [2.05, 4.69) is 11.8 Å². The summed E-state index contributed by atoms with van der Waals surface area (Å²) in [6.07, 6.45) is 2.29. The van der Waals surface area contributed by atoms with Gasteiger partial charge in [0.1, 0.15) is 5.78 Å². The van der Waals surface area contributed by atoms with Crippen molar-refractivity contribution in [2.75, 3.05) is 44.4 Å². The smallest absolute Gasteiger partial charge is 0.129 e. The number of hydrogen-bond acceptors (Lipinski definition) is 6. The molecule has 0 saturated carbocycles. The molecule has 0 amide bonds. The summed E-state index contributed by atoms with van der Waals surface area (Å²) in [4.78, 5) is 13.4. The Morgan fingerprint density at radius 2 is 1.58 bits per heavy atom. The second kappa shape index (κ2) is 13.7. The van der Waals surface area contributed by atoms with Crippen LogP contribution in [-0.4, -0.2) is 55.5 Å². The van der Waals surface area contributed by atoms with E-state index in [0.717, 1.165) is 42.8 Å². The third-order valence-electron chi connectivity index (χ3n) is 3.95. The van der Waals surface area contributed by atoms with E-state index in [4.69, 9.17) is 9.47 Å². The number of aliphatic hydroxyl groups is 2. The fraction of sp³-hybridized carbons (Fsp3) is 0.650. The van der Waals surface area contributed by atoms with E-state index in [-0.39, 0.29) is 19.0 Å². The Labute approximate surface area is 156 Å². The largest absolute Gasteiger partial charge is 0.392 e. The Morgan fingerprint density at radius 3 is 2.12 bits per heavy atom. The van der Waals surface area contributed by atoms with Crippen molar-refractivity contribution in [3.63, 3.8) is 0 Å². The van der Waals surface area contributed by atoms with E-state index in [1.165, 1.54) is 0 Å². The van der Waals surface area contributed by atoms with Gasteiger partial charge in [-0.2, -0.15) is 0 Å². The summed E-state index contributed by atoms with van der Waals surface area (Å²) >= 11 is 0. The molecule has 0 heterocycles. The van der Waals surface area contributed by atoms with Gasteiger partial charge in [0.05, 0.1) is 33.0 Å². The maximum absolute atomic E-state index is 11.2. The van der Waals surface area contributed by atoms with Crippen LogP contribution in [0.15, 0.2) is 18.2 Å². The molecule has 2 N–H and O–H groups in total. The van der Waals surface area contributed by atoms with Crippen LogP contribution < -0.4 is 4.90 Å². The molecule has 1 aromatic rings. The molecule has 0 spiro atoms. The third kappa shape index (κ3) is 9.29. The maximum Gasteiger partial charge on any atom is 0.129 e. The van der Waals surface area contributed by atoms with Crippen molar-refractivity contribution < 1.29 is 24.5 Å². The van der Waals surface area contributed by atoms with Crippen molar-refractivity contribution >= 4 is 11.5 Å². The van der Waals surface area contributed by atoms with Gasteiger partial charge in [-0.1, -0.05) is 13.0 Å². The number of benzene rings is 1. The second-order valence-electron chi connectivity index (χ2n) is 6.34. The summed E-state index contributed by atoms with van der Waals surface area (Å²) in [6.45, 7) is 7.35. The Morgan fingerprint density at radius 1 is 0.962 bits per heavy atom. The third-order valence-corrected chi connectivity index (χ3v) is 3.95. The molecule has 0 saturated heterocycles. The molecule has 0 aliphatic carbocycles. The fourth-order valence-electron chi connectivity index (χ4n) is 2.64. The molecule has 0 atom stereocenters. The van der Waals surface area contributed by atoms with E-state index in [1.54, 1.807) is 13.0 Å². The van der Waals surface area contributed by atoms with E-state index in [1.807, 2.05) is 12.1 Å². The molecule has 6 nitrogen and oxygen atoms in total. The van der Waals surface area contributed by atoms with Crippen LogP contribution in [0.2, 0.25) is 0 Å². The van der Waals surface area contributed by atoms with Gasteiger partial charge in [0.2, 0.25) is 0 Å². The number of Topliss-reactive ketones (excluding diaryl/α,β-unsaturated/α-hetero) is 1. The summed E-state index contributed by atoms with van der Waals surface area (Å²) < 4.78 is 11.0. The molecule has 0 radical (unpaired) electrons. The number of hydrogen-bond donors (Lipinski definition) is 2. The van der Waals surface area contributed by atoms with Gasteiger partial charge in [0, 0.05) is 31.8 Å². The molecule has 0 aliphatic rings. The molecule has 6 heteroatoms. The Bertz CT molecular complexity index is 499. The van der Waals surface area contributed by atoms with Crippen molar-refractivity contribution in [1.29, 1.82) is 0 Å². The number of rotatable bonds is 15. The van der Waals surface area contributed by atoms with Crippen LogP contribution >= 0.6 is 0 Å². The van der Waals surface area contributed by atoms with Gasteiger partial charge < -0.3 is 29.4 Å². The summed E-state index contributed by atoms with van der Waals surface area (Å²) in [5.41, 5.74) is 2.45. The average molecular weight is 367 g/mol. The number of aliphatic hydroxyl groups excluding tert-OH is 2. The number of ether oxygens (including phenoxy) is 2. The molecule has 1 rings (SSSR count). The molecule has 0 aromatic heterocycles. The molecule has 1 aromatic carbocycles. The minimum Gasteiger partial charge on any atom is -0.392 e. The SMILES string of the molecule is CCCOCCOCCN(CCCC(C)=O)c1cc(CO)cc(CO)c1. The molecule has 148 valence electrons. The normalized spacial score (nSPS) is 10.9. The van der Waals surface area contributed by atoms with Gasteiger partial charge in [0.15, 0.2) is 0 Å². The van der Waals surface area contributed by atoms with Gasteiger partial charge in [0.25, 0.3) is 0 Å². The minimum atomic E-state index is -0.0760. The number of ketones is 1. The van der Waals surface area contributed by atoms with E-state index >= 15 is 0 Å². The standard InChI is InChI=1S/C20H33NO5/c1-3-8-25-10-11-26-9-7-21(6-4-5-17(2)24)20-13-18(15-22)12-19(14-20)16-23/h12-14,22-23H,3-11,15-16H2,1-2H3. The van der Waals surface area contributed by atoms with Crippen molar-refractivity contribution in [1.82, 2.24) is 0 Å². The van der Waals surface area contributed by atoms with Crippen molar-refractivity contribution in [2.45, 2.75) is 46.3 Å². The lowest BCUT2D eigenvalue weighted by Crippen LogP contribution is -2.29. The van der Waals surface area contributed by atoms with Crippen molar-refractivity contribution in [3.05, 3.63) is 29.3 Å². The van der Waals surface area contributed by atoms with Crippen LogP contribution in [0, 0.1) is 0 Å². The predicted octanol–water partition coefficient (Wildman–Crippen LogP) is 2.29. The van der Waals surface area contributed by atoms with Crippen molar-refractivity contribution in [3.8, 4) is 0 Å². The first kappa shape index (κ1) is 22.6. The number of nitrogens with zero attached hydrogens (tertiary/aromatic N) is 1. The predicted molar refractivity (Wildman–Crippen MR) is 102 cm³/mol. The van der Waals surface area contributed by atoms with Crippen LogP contribution in [0.4, 0.5) is 5.69 Å². The highest BCUT2D eigenvalue weighted by Crippen LogP contribution is 2.20. The quantitative estimate of drug-likeness (QED) is 0.463. The summed E-state index contributed by atoms with van der Waals surface area (Å²) in [6, 6.07) is 5.62. The van der Waals surface area contributed by atoms with E-state index < -0.39 is 0 Å². The molecular formula is C20H33NO5. The molecule has 0 bridgehead atoms. The van der Waals surface area contributed by atoms with Crippen LogP contribution in [0.5, 0.6) is 0 Å². The van der Waals surface area contributed by atoms with Gasteiger partial charge in [-0.25, -0.2) is 0 Å². The van der Waals surface area contributed by atoms with Crippen LogP contribution in [-0.2, 0) is 27.5 Å². The zero-order chi connectivity index (χ0) is 19.2. The highest BCUT2D eigenvalue weighted by Gasteiger charge is 2.10. The summed E-state index contributed by atoms with van der Waals surface area (Å²) in [7, 11) is 0. The lowest BCUT2D eigenvalue weighted by atomic mass is 10.1. The number of anilines is 1. The lowest BCUT2D eigenvalue weighted by molar-refractivity contribution is -0.117. The first-order chi connectivity index (χ1) is 12.6. The molecule has 0 unspecified atom stereocenters.